The highest BCUT2D eigenvalue weighted by molar-refractivity contribution is 5.67. The van der Waals surface area contributed by atoms with Gasteiger partial charge in [0.15, 0.2) is 0 Å². The Morgan fingerprint density at radius 3 is 2.31 bits per heavy atom. The first-order chi connectivity index (χ1) is 7.54. The van der Waals surface area contributed by atoms with Crippen LogP contribution in [0.3, 0.4) is 0 Å². The molecule has 3 heteroatoms. The van der Waals surface area contributed by atoms with Crippen LogP contribution in [0, 0.1) is 11.8 Å². The molecule has 1 heterocycles. The zero-order valence-electron chi connectivity index (χ0n) is 10.4. The van der Waals surface area contributed by atoms with Gasteiger partial charge >= 0.3 is 5.97 Å². The Kier molecular flexibility index (Phi) is 3.24. The summed E-state index contributed by atoms with van der Waals surface area (Å²) in [6, 6.07) is 0. The summed E-state index contributed by atoms with van der Waals surface area (Å²) >= 11 is 0. The Morgan fingerprint density at radius 1 is 1.38 bits per heavy atom. The van der Waals surface area contributed by atoms with Gasteiger partial charge in [0.25, 0.3) is 0 Å². The first-order valence-electron chi connectivity index (χ1n) is 6.51. The van der Waals surface area contributed by atoms with Crippen LogP contribution in [0.25, 0.3) is 0 Å². The van der Waals surface area contributed by atoms with Gasteiger partial charge in [0.1, 0.15) is 0 Å². The van der Waals surface area contributed by atoms with Crippen molar-refractivity contribution in [3.05, 3.63) is 0 Å². The Labute approximate surface area is 97.8 Å². The Hall–Kier alpha value is -0.570. The zero-order chi connectivity index (χ0) is 11.8. The van der Waals surface area contributed by atoms with E-state index in [1.807, 2.05) is 0 Å². The molecule has 92 valence electrons. The van der Waals surface area contributed by atoms with Gasteiger partial charge in [-0.15, -0.1) is 0 Å². The van der Waals surface area contributed by atoms with Crippen molar-refractivity contribution in [1.29, 1.82) is 0 Å². The second-order valence-corrected chi connectivity index (χ2v) is 5.79. The largest absolute Gasteiger partial charge is 0.481 e. The predicted octanol–water partition coefficient (Wildman–Crippen LogP) is 2.36. The van der Waals surface area contributed by atoms with E-state index < -0.39 is 5.97 Å². The topological polar surface area (TPSA) is 40.5 Å². The van der Waals surface area contributed by atoms with Crippen molar-refractivity contribution in [3.63, 3.8) is 0 Å². The highest BCUT2D eigenvalue weighted by atomic mass is 16.4. The van der Waals surface area contributed by atoms with Crippen molar-refractivity contribution in [2.45, 2.75) is 51.5 Å². The average molecular weight is 225 g/mol. The normalized spacial score (nSPS) is 25.9. The minimum Gasteiger partial charge on any atom is -0.481 e. The van der Waals surface area contributed by atoms with E-state index in [9.17, 15) is 4.79 Å². The summed E-state index contributed by atoms with van der Waals surface area (Å²) in [5.74, 6) is 0.517. The fourth-order valence-electron chi connectivity index (χ4n) is 3.22. The number of piperidine rings is 1. The third-order valence-electron chi connectivity index (χ3n) is 4.54. The van der Waals surface area contributed by atoms with Gasteiger partial charge in [-0.2, -0.15) is 0 Å². The van der Waals surface area contributed by atoms with Crippen molar-refractivity contribution < 1.29 is 9.90 Å². The van der Waals surface area contributed by atoms with Gasteiger partial charge in [-0.25, -0.2) is 0 Å². The number of likely N-dealkylation sites (tertiary alicyclic amines) is 1. The molecule has 3 nitrogen and oxygen atoms in total. The lowest BCUT2D eigenvalue weighted by Gasteiger charge is -2.40. The Morgan fingerprint density at radius 2 is 1.94 bits per heavy atom. The molecule has 0 atom stereocenters. The molecule has 2 rings (SSSR count). The molecule has 0 unspecified atom stereocenters. The second-order valence-electron chi connectivity index (χ2n) is 5.79. The summed E-state index contributed by atoms with van der Waals surface area (Å²) < 4.78 is 0. The maximum Gasteiger partial charge on any atom is 0.303 e. The molecular formula is C13H23NO2. The Balaban J connectivity index is 1.84. The van der Waals surface area contributed by atoms with Crippen LogP contribution < -0.4 is 0 Å². The number of carboxylic acids is 1. The van der Waals surface area contributed by atoms with Crippen LogP contribution in [-0.4, -0.2) is 34.6 Å². The summed E-state index contributed by atoms with van der Waals surface area (Å²) in [5, 5.41) is 8.78. The van der Waals surface area contributed by atoms with Crippen LogP contribution in [0.2, 0.25) is 0 Å². The number of hydrogen-bond donors (Lipinski definition) is 1. The third-order valence-corrected chi connectivity index (χ3v) is 4.54. The smallest absolute Gasteiger partial charge is 0.303 e. The van der Waals surface area contributed by atoms with Gasteiger partial charge in [0.05, 0.1) is 0 Å². The molecule has 1 saturated heterocycles. The van der Waals surface area contributed by atoms with Crippen LogP contribution >= 0.6 is 0 Å². The van der Waals surface area contributed by atoms with Gasteiger partial charge in [0, 0.05) is 12.0 Å². The predicted molar refractivity (Wildman–Crippen MR) is 63.4 cm³/mol. The van der Waals surface area contributed by atoms with E-state index in [1.54, 1.807) is 0 Å². The maximum absolute atomic E-state index is 10.7. The maximum atomic E-state index is 10.7. The van der Waals surface area contributed by atoms with Crippen LogP contribution in [0.5, 0.6) is 0 Å². The standard InChI is InChI=1S/C13H23NO2/c1-10(2)13(5-6-13)14-7-3-11(4-8-14)9-12(15)16/h10-11H,3-9H2,1-2H3,(H,15,16). The van der Waals surface area contributed by atoms with E-state index >= 15 is 0 Å². The molecule has 0 bridgehead atoms. The lowest BCUT2D eigenvalue weighted by molar-refractivity contribution is -0.138. The summed E-state index contributed by atoms with van der Waals surface area (Å²) in [6.45, 7) is 6.85. The SMILES string of the molecule is CC(C)C1(N2CCC(CC(=O)O)CC2)CC1. The molecule has 0 aromatic rings. The molecule has 2 fully saturated rings. The van der Waals surface area contributed by atoms with E-state index in [2.05, 4.69) is 18.7 Å². The van der Waals surface area contributed by atoms with Crippen LogP contribution in [0.4, 0.5) is 0 Å². The van der Waals surface area contributed by atoms with Crippen molar-refractivity contribution >= 4 is 5.97 Å². The van der Waals surface area contributed by atoms with Gasteiger partial charge in [-0.1, -0.05) is 13.8 Å². The summed E-state index contributed by atoms with van der Waals surface area (Å²) in [5.41, 5.74) is 0.480. The lowest BCUT2D eigenvalue weighted by atomic mass is 9.90. The molecule has 0 radical (unpaired) electrons. The number of nitrogens with zero attached hydrogens (tertiary/aromatic N) is 1. The number of hydrogen-bond acceptors (Lipinski definition) is 2. The van der Waals surface area contributed by atoms with Crippen LogP contribution in [-0.2, 0) is 4.79 Å². The number of rotatable bonds is 4. The van der Waals surface area contributed by atoms with E-state index in [0.717, 1.165) is 31.8 Å². The molecule has 16 heavy (non-hydrogen) atoms. The molecule has 1 N–H and O–H groups in total. The number of aliphatic carboxylic acids is 1. The molecule has 0 aromatic carbocycles. The van der Waals surface area contributed by atoms with Crippen molar-refractivity contribution in [1.82, 2.24) is 4.90 Å². The number of carboxylic acid groups (broad SMARTS) is 1. The van der Waals surface area contributed by atoms with Gasteiger partial charge in [-0.3, -0.25) is 9.69 Å². The highest BCUT2D eigenvalue weighted by Gasteiger charge is 2.50. The first-order valence-corrected chi connectivity index (χ1v) is 6.51. The van der Waals surface area contributed by atoms with Crippen molar-refractivity contribution in [3.8, 4) is 0 Å². The van der Waals surface area contributed by atoms with Crippen LogP contribution in [0.15, 0.2) is 0 Å². The average Bonchev–Trinajstić information content (AvgIpc) is 2.98. The minimum atomic E-state index is -0.636. The monoisotopic (exact) mass is 225 g/mol. The fraction of sp³-hybridized carbons (Fsp3) is 0.923. The Bertz CT molecular complexity index is 263. The lowest BCUT2D eigenvalue weighted by Crippen LogP contribution is -2.46. The molecule has 1 aliphatic heterocycles. The molecule has 2 aliphatic rings. The highest BCUT2D eigenvalue weighted by Crippen LogP contribution is 2.49. The van der Waals surface area contributed by atoms with E-state index in [1.165, 1.54) is 12.8 Å². The molecule has 0 aromatic heterocycles. The summed E-state index contributed by atoms with van der Waals surface area (Å²) in [4.78, 5) is 13.3. The first kappa shape index (κ1) is 11.9. The van der Waals surface area contributed by atoms with Gasteiger partial charge in [0.2, 0.25) is 0 Å². The molecule has 1 aliphatic carbocycles. The summed E-state index contributed by atoms with van der Waals surface area (Å²) in [6.07, 6.45) is 5.19. The van der Waals surface area contributed by atoms with E-state index in [0.29, 0.717) is 17.9 Å². The molecule has 0 spiro atoms. The number of carbonyl (C=O) groups is 1. The third kappa shape index (κ3) is 2.24. The fourth-order valence-corrected chi connectivity index (χ4v) is 3.22. The van der Waals surface area contributed by atoms with Crippen molar-refractivity contribution in [2.75, 3.05) is 13.1 Å². The quantitative estimate of drug-likeness (QED) is 0.798. The van der Waals surface area contributed by atoms with E-state index in [-0.39, 0.29) is 0 Å². The van der Waals surface area contributed by atoms with Gasteiger partial charge in [-0.05, 0) is 50.6 Å². The van der Waals surface area contributed by atoms with Gasteiger partial charge < -0.3 is 5.11 Å². The molecule has 1 saturated carbocycles. The molecular weight excluding hydrogens is 202 g/mol. The second kappa shape index (κ2) is 4.36. The van der Waals surface area contributed by atoms with Crippen LogP contribution in [0.1, 0.15) is 46.0 Å². The minimum absolute atomic E-state index is 0.364. The van der Waals surface area contributed by atoms with E-state index in [4.69, 9.17) is 5.11 Å². The summed E-state index contributed by atoms with van der Waals surface area (Å²) in [7, 11) is 0. The molecule has 0 amide bonds. The zero-order valence-corrected chi connectivity index (χ0v) is 10.4. The van der Waals surface area contributed by atoms with Crippen molar-refractivity contribution in [2.24, 2.45) is 11.8 Å².